The van der Waals surface area contributed by atoms with Gasteiger partial charge in [0.1, 0.15) is 12.1 Å². The molecule has 120 valence electrons. The van der Waals surface area contributed by atoms with Crippen LogP contribution in [-0.2, 0) is 14.3 Å². The standard InChI is InChI=1S/C13H23N3O4S/c1-13(2,3)9(15-12(19)20-5)11(18)16-7-21-6-8(16)10(17)14-4/h8-9H,6-7H2,1-5H3,(H,14,17)(H,15,19). The molecule has 1 heterocycles. The summed E-state index contributed by atoms with van der Waals surface area (Å²) >= 11 is 1.52. The van der Waals surface area contributed by atoms with E-state index in [1.807, 2.05) is 20.8 Å². The molecule has 0 aliphatic carbocycles. The Labute approximate surface area is 129 Å². The molecule has 8 heteroatoms. The van der Waals surface area contributed by atoms with Crippen molar-refractivity contribution in [2.75, 3.05) is 25.8 Å². The molecule has 0 saturated carbocycles. The molecule has 0 aromatic rings. The molecule has 2 N–H and O–H groups in total. The Kier molecular flexibility index (Phi) is 5.88. The van der Waals surface area contributed by atoms with Crippen LogP contribution in [0.25, 0.3) is 0 Å². The molecule has 0 aromatic heterocycles. The van der Waals surface area contributed by atoms with Crippen LogP contribution in [0.3, 0.4) is 0 Å². The number of hydrogen-bond acceptors (Lipinski definition) is 5. The van der Waals surface area contributed by atoms with Gasteiger partial charge in [0, 0.05) is 12.8 Å². The molecule has 0 aromatic carbocycles. The highest BCUT2D eigenvalue weighted by Crippen LogP contribution is 2.27. The van der Waals surface area contributed by atoms with Crippen LogP contribution in [0.2, 0.25) is 0 Å². The summed E-state index contributed by atoms with van der Waals surface area (Å²) in [5.74, 6) is 0.526. The Hall–Kier alpha value is -1.44. The lowest BCUT2D eigenvalue weighted by Gasteiger charge is -2.34. The van der Waals surface area contributed by atoms with Gasteiger partial charge in [0.05, 0.1) is 13.0 Å². The van der Waals surface area contributed by atoms with E-state index in [1.54, 1.807) is 7.05 Å². The summed E-state index contributed by atoms with van der Waals surface area (Å²) in [6, 6.07) is -1.26. The molecule has 7 nitrogen and oxygen atoms in total. The van der Waals surface area contributed by atoms with Crippen molar-refractivity contribution < 1.29 is 19.1 Å². The SMILES string of the molecule is CNC(=O)C1CSCN1C(=O)C(NC(=O)OC)C(C)(C)C. The lowest BCUT2D eigenvalue weighted by molar-refractivity contribution is -0.141. The molecule has 0 spiro atoms. The van der Waals surface area contributed by atoms with Gasteiger partial charge in [-0.25, -0.2) is 4.79 Å². The van der Waals surface area contributed by atoms with Gasteiger partial charge in [0.15, 0.2) is 0 Å². The molecule has 3 amide bonds. The average molecular weight is 317 g/mol. The van der Waals surface area contributed by atoms with Crippen molar-refractivity contribution >= 4 is 29.7 Å². The summed E-state index contributed by atoms with van der Waals surface area (Å²) in [6.07, 6.45) is -0.661. The number of rotatable bonds is 3. The normalized spacial score (nSPS) is 19.9. The first-order chi connectivity index (χ1) is 9.72. The molecule has 2 unspecified atom stereocenters. The first kappa shape index (κ1) is 17.6. The summed E-state index contributed by atoms with van der Waals surface area (Å²) < 4.78 is 4.58. The van der Waals surface area contributed by atoms with Crippen molar-refractivity contribution in [1.82, 2.24) is 15.5 Å². The van der Waals surface area contributed by atoms with E-state index in [0.29, 0.717) is 11.6 Å². The van der Waals surface area contributed by atoms with E-state index in [-0.39, 0.29) is 11.8 Å². The molecule has 1 saturated heterocycles. The molecular weight excluding hydrogens is 294 g/mol. The number of likely N-dealkylation sites (N-methyl/N-ethyl adjacent to an activating group) is 1. The second-order valence-corrected chi connectivity index (χ2v) is 6.87. The fraction of sp³-hybridized carbons (Fsp3) is 0.769. The van der Waals surface area contributed by atoms with Crippen molar-refractivity contribution in [2.45, 2.75) is 32.9 Å². The van der Waals surface area contributed by atoms with E-state index in [1.165, 1.54) is 23.8 Å². The van der Waals surface area contributed by atoms with E-state index >= 15 is 0 Å². The van der Waals surface area contributed by atoms with Gasteiger partial charge in [-0.1, -0.05) is 20.8 Å². The van der Waals surface area contributed by atoms with E-state index in [0.717, 1.165) is 0 Å². The minimum Gasteiger partial charge on any atom is -0.453 e. The van der Waals surface area contributed by atoms with Crippen LogP contribution in [0, 0.1) is 5.41 Å². The van der Waals surface area contributed by atoms with E-state index in [2.05, 4.69) is 15.4 Å². The Morgan fingerprint density at radius 3 is 2.43 bits per heavy atom. The number of carbonyl (C=O) groups excluding carboxylic acids is 3. The van der Waals surface area contributed by atoms with Crippen molar-refractivity contribution in [3.8, 4) is 0 Å². The number of hydrogen-bond donors (Lipinski definition) is 2. The zero-order valence-corrected chi connectivity index (χ0v) is 13.9. The predicted molar refractivity (Wildman–Crippen MR) is 80.8 cm³/mol. The molecule has 21 heavy (non-hydrogen) atoms. The van der Waals surface area contributed by atoms with Crippen LogP contribution in [0.4, 0.5) is 4.79 Å². The first-order valence-electron chi connectivity index (χ1n) is 6.66. The molecule has 1 rings (SSSR count). The number of nitrogens with zero attached hydrogens (tertiary/aromatic N) is 1. The van der Waals surface area contributed by atoms with Crippen molar-refractivity contribution in [3.63, 3.8) is 0 Å². The highest BCUT2D eigenvalue weighted by Gasteiger charge is 2.42. The topological polar surface area (TPSA) is 87.7 Å². The smallest absolute Gasteiger partial charge is 0.407 e. The quantitative estimate of drug-likeness (QED) is 0.787. The Bertz CT molecular complexity index is 422. The fourth-order valence-corrected chi connectivity index (χ4v) is 3.20. The summed E-state index contributed by atoms with van der Waals surface area (Å²) in [7, 11) is 2.79. The lowest BCUT2D eigenvalue weighted by atomic mass is 9.85. The number of alkyl carbamates (subject to hydrolysis) is 1. The van der Waals surface area contributed by atoms with Crippen LogP contribution in [0.5, 0.6) is 0 Å². The van der Waals surface area contributed by atoms with Crippen LogP contribution in [-0.4, -0.2) is 60.7 Å². The average Bonchev–Trinajstić information content (AvgIpc) is 2.90. The largest absolute Gasteiger partial charge is 0.453 e. The van der Waals surface area contributed by atoms with Gasteiger partial charge >= 0.3 is 6.09 Å². The summed E-state index contributed by atoms with van der Waals surface area (Å²) in [5.41, 5.74) is -0.494. The van der Waals surface area contributed by atoms with Crippen molar-refractivity contribution in [1.29, 1.82) is 0 Å². The van der Waals surface area contributed by atoms with Crippen LogP contribution in [0.1, 0.15) is 20.8 Å². The van der Waals surface area contributed by atoms with E-state index in [4.69, 9.17) is 0 Å². The Morgan fingerprint density at radius 2 is 1.95 bits per heavy atom. The summed E-state index contributed by atoms with van der Waals surface area (Å²) in [6.45, 7) is 5.55. The molecule has 2 atom stereocenters. The third-order valence-electron chi connectivity index (χ3n) is 3.28. The van der Waals surface area contributed by atoms with Crippen molar-refractivity contribution in [2.24, 2.45) is 5.41 Å². The number of thioether (sulfide) groups is 1. The molecule has 1 fully saturated rings. The number of carbonyl (C=O) groups is 3. The molecular formula is C13H23N3O4S. The Balaban J connectivity index is 2.94. The zero-order valence-electron chi connectivity index (χ0n) is 13.1. The van der Waals surface area contributed by atoms with E-state index < -0.39 is 23.6 Å². The lowest BCUT2D eigenvalue weighted by Crippen LogP contribution is -2.57. The minimum atomic E-state index is -0.754. The second-order valence-electron chi connectivity index (χ2n) is 5.87. The van der Waals surface area contributed by atoms with Crippen LogP contribution in [0.15, 0.2) is 0 Å². The first-order valence-corrected chi connectivity index (χ1v) is 7.82. The number of nitrogens with one attached hydrogen (secondary N) is 2. The van der Waals surface area contributed by atoms with Gasteiger partial charge in [-0.15, -0.1) is 11.8 Å². The summed E-state index contributed by atoms with van der Waals surface area (Å²) in [5, 5.41) is 5.13. The van der Waals surface area contributed by atoms with Crippen LogP contribution < -0.4 is 10.6 Å². The monoisotopic (exact) mass is 317 g/mol. The van der Waals surface area contributed by atoms with Gasteiger partial charge < -0.3 is 20.3 Å². The molecule has 1 aliphatic rings. The third kappa shape index (κ3) is 4.26. The maximum absolute atomic E-state index is 12.7. The molecule has 1 aliphatic heterocycles. The highest BCUT2D eigenvalue weighted by atomic mass is 32.2. The minimum absolute atomic E-state index is 0.195. The predicted octanol–water partition coefficient (Wildman–Crippen LogP) is 0.405. The Morgan fingerprint density at radius 1 is 1.33 bits per heavy atom. The van der Waals surface area contributed by atoms with Gasteiger partial charge in [0.2, 0.25) is 11.8 Å². The van der Waals surface area contributed by atoms with Crippen molar-refractivity contribution in [3.05, 3.63) is 0 Å². The molecule has 0 radical (unpaired) electrons. The van der Waals surface area contributed by atoms with Gasteiger partial charge in [-0.05, 0) is 5.41 Å². The maximum atomic E-state index is 12.7. The van der Waals surface area contributed by atoms with Gasteiger partial charge in [0.25, 0.3) is 0 Å². The third-order valence-corrected chi connectivity index (χ3v) is 4.29. The second kappa shape index (κ2) is 7.02. The fourth-order valence-electron chi connectivity index (χ4n) is 2.03. The highest BCUT2D eigenvalue weighted by molar-refractivity contribution is 7.99. The molecule has 0 bridgehead atoms. The van der Waals surface area contributed by atoms with Gasteiger partial charge in [-0.3, -0.25) is 9.59 Å². The van der Waals surface area contributed by atoms with Gasteiger partial charge in [-0.2, -0.15) is 0 Å². The number of amides is 3. The zero-order chi connectivity index (χ0) is 16.2. The summed E-state index contributed by atoms with van der Waals surface area (Å²) in [4.78, 5) is 37.6. The van der Waals surface area contributed by atoms with E-state index in [9.17, 15) is 14.4 Å². The number of methoxy groups -OCH3 is 1. The van der Waals surface area contributed by atoms with Crippen LogP contribution >= 0.6 is 11.8 Å². The maximum Gasteiger partial charge on any atom is 0.407 e. The number of ether oxygens (including phenoxy) is 1.